The molecule has 0 aliphatic carbocycles. The number of unbranched alkanes of at least 4 members (excludes halogenated alkanes) is 1. The Kier molecular flexibility index (Phi) is 15.5. The number of nitrogens with one attached hydrogen (secondary N) is 1. The predicted molar refractivity (Wildman–Crippen MR) is 86.8 cm³/mol. The lowest BCUT2D eigenvalue weighted by Crippen LogP contribution is -1.99. The van der Waals surface area contributed by atoms with Gasteiger partial charge in [0.15, 0.2) is 0 Å². The van der Waals surface area contributed by atoms with Crippen LogP contribution in [-0.4, -0.2) is 6.41 Å². The number of hydrogen-bond acceptors (Lipinski definition) is 1. The summed E-state index contributed by atoms with van der Waals surface area (Å²) in [5.74, 6) is 0. The molecule has 0 aliphatic heterocycles. The van der Waals surface area contributed by atoms with Gasteiger partial charge in [-0.15, -0.1) is 0 Å². The Morgan fingerprint density at radius 1 is 1.16 bits per heavy atom. The van der Waals surface area contributed by atoms with Gasteiger partial charge in [-0.05, 0) is 37.0 Å². The zero-order valence-electron chi connectivity index (χ0n) is 13.5. The van der Waals surface area contributed by atoms with E-state index < -0.39 is 0 Å². The molecular formula is C17H31NO. The molecule has 0 spiro atoms. The molecule has 1 N–H and O–H groups in total. The molecule has 0 saturated heterocycles. The van der Waals surface area contributed by atoms with Crippen molar-refractivity contribution in [1.29, 1.82) is 0 Å². The molecule has 110 valence electrons. The summed E-state index contributed by atoms with van der Waals surface area (Å²) in [5.41, 5.74) is 3.35. The first kappa shape index (κ1) is 20.0. The predicted octanol–water partition coefficient (Wildman–Crippen LogP) is 5.35. The lowest BCUT2D eigenvalue weighted by molar-refractivity contribution is -0.105. The highest BCUT2D eigenvalue weighted by molar-refractivity contribution is 5.73. The number of carbonyl (C=O) groups excluding carboxylic acids is 1. The maximum Gasteiger partial charge on any atom is 0.211 e. The third kappa shape index (κ3) is 10.3. The van der Waals surface area contributed by atoms with Crippen LogP contribution in [0.25, 0.3) is 0 Å². The van der Waals surface area contributed by atoms with Crippen molar-refractivity contribution in [3.8, 4) is 0 Å². The zero-order chi connectivity index (χ0) is 15.1. The Hall–Kier alpha value is -1.31. The second-order valence-corrected chi connectivity index (χ2v) is 4.23. The second-order valence-electron chi connectivity index (χ2n) is 4.23. The standard InChI is InChI=1S/C12H17NO.C3H8.C2H6/c1-3-4-5-11-7-6-10(2)8-12(11)13-9-14;1-3-2;1-2/h6-9H,3-5H2,1-2H3,(H,13,14);3H2,1-2H3;1-2H3. The summed E-state index contributed by atoms with van der Waals surface area (Å²) in [6.07, 6.45) is 5.36. The van der Waals surface area contributed by atoms with E-state index in [1.807, 2.05) is 26.8 Å². The highest BCUT2D eigenvalue weighted by Gasteiger charge is 2.01. The number of hydrogen-bond donors (Lipinski definition) is 1. The summed E-state index contributed by atoms with van der Waals surface area (Å²) in [6.45, 7) is 12.4. The Labute approximate surface area is 119 Å². The number of benzene rings is 1. The molecule has 0 unspecified atom stereocenters. The molecule has 0 aliphatic rings. The van der Waals surface area contributed by atoms with Gasteiger partial charge in [0, 0.05) is 5.69 Å². The molecule has 0 bridgehead atoms. The van der Waals surface area contributed by atoms with Gasteiger partial charge in [-0.1, -0.05) is 59.6 Å². The van der Waals surface area contributed by atoms with Crippen molar-refractivity contribution in [1.82, 2.24) is 0 Å². The van der Waals surface area contributed by atoms with E-state index in [0.29, 0.717) is 0 Å². The molecule has 1 rings (SSSR count). The van der Waals surface area contributed by atoms with E-state index in [1.54, 1.807) is 0 Å². The lowest BCUT2D eigenvalue weighted by atomic mass is 10.0. The molecule has 0 saturated carbocycles. The van der Waals surface area contributed by atoms with Crippen LogP contribution in [0.4, 0.5) is 5.69 Å². The quantitative estimate of drug-likeness (QED) is 0.714. The SMILES string of the molecule is CC.CCC.CCCCc1ccc(C)cc1NC=O. The van der Waals surface area contributed by atoms with E-state index >= 15 is 0 Å². The van der Waals surface area contributed by atoms with Gasteiger partial charge < -0.3 is 5.32 Å². The zero-order valence-corrected chi connectivity index (χ0v) is 13.5. The normalized spacial score (nSPS) is 8.53. The Morgan fingerprint density at radius 2 is 1.74 bits per heavy atom. The third-order valence-electron chi connectivity index (χ3n) is 2.28. The molecule has 2 nitrogen and oxygen atoms in total. The topological polar surface area (TPSA) is 29.1 Å². The first-order valence-electron chi connectivity index (χ1n) is 7.49. The minimum absolute atomic E-state index is 0.740. The van der Waals surface area contributed by atoms with Crippen molar-refractivity contribution in [3.05, 3.63) is 29.3 Å². The van der Waals surface area contributed by atoms with Gasteiger partial charge in [-0.2, -0.15) is 0 Å². The van der Waals surface area contributed by atoms with Crippen molar-refractivity contribution >= 4 is 12.1 Å². The van der Waals surface area contributed by atoms with Gasteiger partial charge in [-0.25, -0.2) is 0 Å². The van der Waals surface area contributed by atoms with Crippen LogP contribution < -0.4 is 5.32 Å². The van der Waals surface area contributed by atoms with Crippen molar-refractivity contribution in [2.24, 2.45) is 0 Å². The van der Waals surface area contributed by atoms with Crippen LogP contribution in [0.2, 0.25) is 0 Å². The van der Waals surface area contributed by atoms with Crippen molar-refractivity contribution in [2.75, 3.05) is 5.32 Å². The van der Waals surface area contributed by atoms with E-state index in [9.17, 15) is 4.79 Å². The van der Waals surface area contributed by atoms with Crippen LogP contribution >= 0.6 is 0 Å². The maximum absolute atomic E-state index is 10.4. The summed E-state index contributed by atoms with van der Waals surface area (Å²) in [4.78, 5) is 10.4. The Bertz CT molecular complexity index is 321. The molecule has 1 aromatic rings. The first-order valence-corrected chi connectivity index (χ1v) is 7.49. The molecular weight excluding hydrogens is 234 g/mol. The van der Waals surface area contributed by atoms with Gasteiger partial charge in [0.1, 0.15) is 0 Å². The maximum atomic E-state index is 10.4. The summed E-state index contributed by atoms with van der Waals surface area (Å²) in [7, 11) is 0. The summed E-state index contributed by atoms with van der Waals surface area (Å²) >= 11 is 0. The van der Waals surface area contributed by atoms with Crippen molar-refractivity contribution in [3.63, 3.8) is 0 Å². The average molecular weight is 265 g/mol. The smallest absolute Gasteiger partial charge is 0.211 e. The molecule has 19 heavy (non-hydrogen) atoms. The highest BCUT2D eigenvalue weighted by atomic mass is 16.1. The summed E-state index contributed by atoms with van der Waals surface area (Å²) in [6, 6.07) is 6.19. The molecule has 2 heteroatoms. The number of carbonyl (C=O) groups is 1. The number of amides is 1. The van der Waals surface area contributed by atoms with E-state index in [2.05, 4.69) is 38.2 Å². The van der Waals surface area contributed by atoms with Gasteiger partial charge in [0.2, 0.25) is 6.41 Å². The van der Waals surface area contributed by atoms with Gasteiger partial charge in [0.25, 0.3) is 0 Å². The van der Waals surface area contributed by atoms with Gasteiger partial charge in [-0.3, -0.25) is 4.79 Å². The van der Waals surface area contributed by atoms with Crippen molar-refractivity contribution < 1.29 is 4.79 Å². The molecule has 0 radical (unpaired) electrons. The fourth-order valence-corrected chi connectivity index (χ4v) is 1.47. The fourth-order valence-electron chi connectivity index (χ4n) is 1.47. The summed E-state index contributed by atoms with van der Waals surface area (Å²) in [5, 5.41) is 2.75. The Morgan fingerprint density at radius 3 is 2.21 bits per heavy atom. The van der Waals surface area contributed by atoms with Crippen LogP contribution in [-0.2, 0) is 11.2 Å². The lowest BCUT2D eigenvalue weighted by Gasteiger charge is -2.08. The van der Waals surface area contributed by atoms with Crippen LogP contribution in [0.15, 0.2) is 18.2 Å². The Balaban J connectivity index is 0. The molecule has 0 fully saturated rings. The number of rotatable bonds is 5. The third-order valence-corrected chi connectivity index (χ3v) is 2.28. The van der Waals surface area contributed by atoms with Crippen LogP contribution in [0.1, 0.15) is 65.0 Å². The van der Waals surface area contributed by atoms with Crippen LogP contribution in [0.3, 0.4) is 0 Å². The van der Waals surface area contributed by atoms with Crippen molar-refractivity contribution in [2.45, 2.75) is 67.2 Å². The van der Waals surface area contributed by atoms with Crippen LogP contribution in [0, 0.1) is 6.92 Å². The number of aryl methyl sites for hydroxylation is 2. The van der Waals surface area contributed by atoms with E-state index in [0.717, 1.165) is 24.9 Å². The van der Waals surface area contributed by atoms with E-state index in [1.165, 1.54) is 24.0 Å². The monoisotopic (exact) mass is 265 g/mol. The second kappa shape index (κ2) is 14.7. The fraction of sp³-hybridized carbons (Fsp3) is 0.588. The first-order chi connectivity index (χ1) is 9.19. The van der Waals surface area contributed by atoms with Gasteiger partial charge >= 0.3 is 0 Å². The van der Waals surface area contributed by atoms with E-state index in [4.69, 9.17) is 0 Å². The van der Waals surface area contributed by atoms with E-state index in [-0.39, 0.29) is 0 Å². The average Bonchev–Trinajstić information content (AvgIpc) is 2.41. The van der Waals surface area contributed by atoms with Crippen LogP contribution in [0.5, 0.6) is 0 Å². The molecule has 0 heterocycles. The number of anilines is 1. The molecule has 0 atom stereocenters. The molecule has 1 amide bonds. The minimum atomic E-state index is 0.740. The minimum Gasteiger partial charge on any atom is -0.328 e. The molecule has 0 aromatic heterocycles. The highest BCUT2D eigenvalue weighted by Crippen LogP contribution is 2.19. The summed E-state index contributed by atoms with van der Waals surface area (Å²) < 4.78 is 0. The van der Waals surface area contributed by atoms with Gasteiger partial charge in [0.05, 0.1) is 0 Å². The molecule has 1 aromatic carbocycles. The largest absolute Gasteiger partial charge is 0.328 e.